The number of nitrogens with one attached hydrogen (secondary N) is 2. The van der Waals surface area contributed by atoms with Gasteiger partial charge in [-0.3, -0.25) is 14.5 Å². The number of carbonyl (C=O) groups is 3. The van der Waals surface area contributed by atoms with Crippen molar-refractivity contribution in [1.29, 1.82) is 0 Å². The maximum Gasteiger partial charge on any atom is 0.325 e. The van der Waals surface area contributed by atoms with Crippen molar-refractivity contribution in [2.24, 2.45) is 0 Å². The van der Waals surface area contributed by atoms with Gasteiger partial charge in [0, 0.05) is 11.6 Å². The number of carbonyl (C=O) groups excluding carboxylic acids is 3. The van der Waals surface area contributed by atoms with E-state index in [1.54, 1.807) is 18.2 Å². The molecule has 4 rings (SSSR count). The maximum absolute atomic E-state index is 13.0. The fourth-order valence-electron chi connectivity index (χ4n) is 3.06. The summed E-state index contributed by atoms with van der Waals surface area (Å²) in [5, 5.41) is 6.30. The van der Waals surface area contributed by atoms with Crippen LogP contribution in [0.25, 0.3) is 11.0 Å². The second-order valence-electron chi connectivity index (χ2n) is 6.63. The third-order valence-corrected chi connectivity index (χ3v) is 5.06. The molecule has 0 spiro atoms. The van der Waals surface area contributed by atoms with Crippen molar-refractivity contribution in [3.05, 3.63) is 58.4 Å². The quantitative estimate of drug-likeness (QED) is 0.613. The number of halogens is 2. The van der Waals surface area contributed by atoms with E-state index < -0.39 is 29.9 Å². The van der Waals surface area contributed by atoms with E-state index in [0.29, 0.717) is 10.6 Å². The lowest BCUT2D eigenvalue weighted by atomic mass is 9.99. The number of anilines is 1. The molecule has 0 bridgehead atoms. The van der Waals surface area contributed by atoms with Crippen LogP contribution < -0.4 is 10.6 Å². The fraction of sp³-hybridized carbons (Fsp3) is 0.158. The first-order valence-corrected chi connectivity index (χ1v) is 9.27. The number of hydrogen-bond acceptors (Lipinski definition) is 5. The Kier molecular flexibility index (Phi) is 4.68. The first-order valence-electron chi connectivity index (χ1n) is 8.52. The number of aromatic nitrogens is 1. The molecule has 8 nitrogen and oxygen atoms in total. The third kappa shape index (κ3) is 3.41. The van der Waals surface area contributed by atoms with Gasteiger partial charge in [0.15, 0.2) is 11.4 Å². The number of rotatable bonds is 4. The number of pyridine rings is 1. The maximum atomic E-state index is 13.0. The van der Waals surface area contributed by atoms with E-state index in [2.05, 4.69) is 15.6 Å². The Balaban J connectivity index is 1.53. The summed E-state index contributed by atoms with van der Waals surface area (Å²) in [7, 11) is 0. The monoisotopic (exact) mass is 432 g/mol. The molecule has 1 unspecified atom stereocenters. The van der Waals surface area contributed by atoms with E-state index in [-0.39, 0.29) is 16.6 Å². The summed E-state index contributed by atoms with van der Waals surface area (Å²) in [5.41, 5.74) is -0.836. The van der Waals surface area contributed by atoms with Gasteiger partial charge in [0.2, 0.25) is 5.91 Å². The SMILES string of the molecule is CC1(c2cc3ccccc3o2)NC(=O)N(CC(=O)Nc2ncc(Cl)cc2Cl)C1=O. The molecule has 1 saturated heterocycles. The van der Waals surface area contributed by atoms with Gasteiger partial charge in [-0.1, -0.05) is 41.4 Å². The normalized spacial score (nSPS) is 18.9. The summed E-state index contributed by atoms with van der Waals surface area (Å²) in [6, 6.07) is 9.64. The lowest BCUT2D eigenvalue weighted by molar-refractivity contribution is -0.134. The second kappa shape index (κ2) is 7.06. The van der Waals surface area contributed by atoms with Crippen molar-refractivity contribution in [3.8, 4) is 0 Å². The van der Waals surface area contributed by atoms with Gasteiger partial charge in [-0.15, -0.1) is 0 Å². The lowest BCUT2D eigenvalue weighted by Crippen LogP contribution is -2.42. The Labute approximate surface area is 174 Å². The van der Waals surface area contributed by atoms with E-state index in [1.807, 2.05) is 12.1 Å². The third-order valence-electron chi connectivity index (χ3n) is 4.56. The van der Waals surface area contributed by atoms with Crippen LogP contribution in [0, 0.1) is 0 Å². The van der Waals surface area contributed by atoms with Crippen molar-refractivity contribution in [3.63, 3.8) is 0 Å². The van der Waals surface area contributed by atoms with Crippen molar-refractivity contribution in [2.75, 3.05) is 11.9 Å². The molecule has 3 aromatic rings. The van der Waals surface area contributed by atoms with E-state index >= 15 is 0 Å². The Morgan fingerprint density at radius 3 is 2.76 bits per heavy atom. The predicted molar refractivity (Wildman–Crippen MR) is 107 cm³/mol. The van der Waals surface area contributed by atoms with Crippen LogP contribution in [-0.2, 0) is 15.1 Å². The van der Waals surface area contributed by atoms with Gasteiger partial charge in [0.25, 0.3) is 5.91 Å². The highest BCUT2D eigenvalue weighted by atomic mass is 35.5. The Hall–Kier alpha value is -3.10. The molecule has 148 valence electrons. The molecule has 1 atom stereocenters. The second-order valence-corrected chi connectivity index (χ2v) is 7.47. The summed E-state index contributed by atoms with van der Waals surface area (Å²) in [6.45, 7) is 1.02. The van der Waals surface area contributed by atoms with E-state index in [0.717, 1.165) is 10.3 Å². The van der Waals surface area contributed by atoms with Gasteiger partial charge in [0.05, 0.1) is 10.0 Å². The van der Waals surface area contributed by atoms with E-state index in [1.165, 1.54) is 19.2 Å². The molecule has 0 saturated carbocycles. The molecule has 1 fully saturated rings. The van der Waals surface area contributed by atoms with Gasteiger partial charge < -0.3 is 15.1 Å². The van der Waals surface area contributed by atoms with Gasteiger partial charge in [-0.05, 0) is 25.1 Å². The minimum atomic E-state index is -1.42. The molecule has 2 aromatic heterocycles. The molecule has 1 aliphatic rings. The van der Waals surface area contributed by atoms with E-state index in [9.17, 15) is 14.4 Å². The summed E-state index contributed by atoms with van der Waals surface area (Å²) < 4.78 is 5.75. The van der Waals surface area contributed by atoms with Crippen molar-refractivity contribution >= 4 is 57.8 Å². The Morgan fingerprint density at radius 2 is 2.03 bits per heavy atom. The molecular weight excluding hydrogens is 419 g/mol. The fourth-order valence-corrected chi connectivity index (χ4v) is 3.48. The highest BCUT2D eigenvalue weighted by Crippen LogP contribution is 2.33. The van der Waals surface area contributed by atoms with Crippen LogP contribution in [0.2, 0.25) is 10.0 Å². The molecule has 3 heterocycles. The van der Waals surface area contributed by atoms with Crippen LogP contribution in [0.15, 0.2) is 47.0 Å². The number of benzene rings is 1. The van der Waals surface area contributed by atoms with Crippen molar-refractivity contribution in [2.45, 2.75) is 12.5 Å². The zero-order chi connectivity index (χ0) is 20.8. The molecule has 0 radical (unpaired) electrons. The molecule has 10 heteroatoms. The minimum absolute atomic E-state index is 0.0770. The minimum Gasteiger partial charge on any atom is -0.458 e. The number of para-hydroxylation sites is 1. The number of amides is 4. The number of fused-ring (bicyclic) bond motifs is 1. The molecule has 1 aliphatic heterocycles. The van der Waals surface area contributed by atoms with Gasteiger partial charge in [0.1, 0.15) is 17.9 Å². The molecule has 29 heavy (non-hydrogen) atoms. The first-order chi connectivity index (χ1) is 13.8. The highest BCUT2D eigenvalue weighted by Gasteiger charge is 2.51. The number of nitrogens with zero attached hydrogens (tertiary/aromatic N) is 2. The summed E-state index contributed by atoms with van der Waals surface area (Å²) in [5.74, 6) is -0.888. The largest absolute Gasteiger partial charge is 0.458 e. The first kappa shape index (κ1) is 19.2. The summed E-state index contributed by atoms with van der Waals surface area (Å²) in [4.78, 5) is 42.4. The molecule has 0 aliphatic carbocycles. The number of hydrogen-bond donors (Lipinski definition) is 2. The Bertz CT molecular complexity index is 1130. The number of urea groups is 1. The van der Waals surface area contributed by atoms with Gasteiger partial charge in [-0.25, -0.2) is 9.78 Å². The lowest BCUT2D eigenvalue weighted by Gasteiger charge is -2.18. The van der Waals surface area contributed by atoms with Crippen molar-refractivity contribution < 1.29 is 18.8 Å². The summed E-state index contributed by atoms with van der Waals surface area (Å²) >= 11 is 11.8. The predicted octanol–water partition coefficient (Wildman–Crippen LogP) is 3.54. The standard InChI is InChI=1S/C19H14Cl2N4O4/c1-19(14-6-10-4-2-3-5-13(10)29-14)17(27)25(18(28)24-19)9-15(26)23-16-12(21)7-11(20)8-22-16/h2-8H,9H2,1H3,(H,24,28)(H,22,23,26). The van der Waals surface area contributed by atoms with Crippen LogP contribution in [0.3, 0.4) is 0 Å². The smallest absolute Gasteiger partial charge is 0.325 e. The molecule has 4 amide bonds. The average molecular weight is 433 g/mol. The van der Waals surface area contributed by atoms with Gasteiger partial charge in [-0.2, -0.15) is 0 Å². The summed E-state index contributed by atoms with van der Waals surface area (Å²) in [6.07, 6.45) is 1.31. The zero-order valence-corrected chi connectivity index (χ0v) is 16.5. The van der Waals surface area contributed by atoms with Crippen LogP contribution in [0.1, 0.15) is 12.7 Å². The highest BCUT2D eigenvalue weighted by molar-refractivity contribution is 6.36. The molecular formula is C19H14Cl2N4O4. The van der Waals surface area contributed by atoms with Gasteiger partial charge >= 0.3 is 6.03 Å². The van der Waals surface area contributed by atoms with Crippen LogP contribution >= 0.6 is 23.2 Å². The van der Waals surface area contributed by atoms with E-state index in [4.69, 9.17) is 27.6 Å². The van der Waals surface area contributed by atoms with Crippen LogP contribution in [0.5, 0.6) is 0 Å². The molecule has 1 aromatic carbocycles. The van der Waals surface area contributed by atoms with Crippen LogP contribution in [-0.4, -0.2) is 34.3 Å². The Morgan fingerprint density at radius 1 is 1.28 bits per heavy atom. The zero-order valence-electron chi connectivity index (χ0n) is 15.0. The molecule has 2 N–H and O–H groups in total. The van der Waals surface area contributed by atoms with Crippen LogP contribution in [0.4, 0.5) is 10.6 Å². The number of furan rings is 1. The number of imide groups is 1. The van der Waals surface area contributed by atoms with Crippen molar-refractivity contribution in [1.82, 2.24) is 15.2 Å². The topological polar surface area (TPSA) is 105 Å². The average Bonchev–Trinajstić information content (AvgIpc) is 3.20.